The van der Waals surface area contributed by atoms with Crippen molar-refractivity contribution in [2.45, 2.75) is 31.0 Å². The van der Waals surface area contributed by atoms with E-state index in [1.807, 2.05) is 40.4 Å². The van der Waals surface area contributed by atoms with Crippen LogP contribution in [-0.4, -0.2) is 46.9 Å². The largest absolute Gasteiger partial charge is 0.459 e. The molecule has 3 atom stereocenters. The van der Waals surface area contributed by atoms with E-state index in [0.717, 1.165) is 28.9 Å². The quantitative estimate of drug-likeness (QED) is 0.719. The Morgan fingerprint density at radius 3 is 2.85 bits per heavy atom. The number of hydrogen-bond acceptors (Lipinski definition) is 6. The molecule has 0 spiro atoms. The molecule has 0 amide bonds. The third-order valence-corrected chi connectivity index (χ3v) is 5.81. The highest BCUT2D eigenvalue weighted by Crippen LogP contribution is 2.28. The van der Waals surface area contributed by atoms with Crippen molar-refractivity contribution in [1.29, 1.82) is 0 Å². The van der Waals surface area contributed by atoms with Crippen LogP contribution in [0.1, 0.15) is 23.2 Å². The molecule has 2 saturated heterocycles. The molecule has 0 aliphatic carbocycles. The molecule has 5 rings (SSSR count). The van der Waals surface area contributed by atoms with Crippen molar-refractivity contribution in [3.8, 4) is 5.13 Å². The van der Waals surface area contributed by atoms with Gasteiger partial charge in [0.2, 0.25) is 0 Å². The van der Waals surface area contributed by atoms with Gasteiger partial charge in [0.25, 0.3) is 0 Å². The summed E-state index contributed by atoms with van der Waals surface area (Å²) in [5, 5.41) is 7.18. The number of carbonyl (C=O) groups is 1. The molecule has 1 aromatic carbocycles. The zero-order chi connectivity index (χ0) is 17.5. The van der Waals surface area contributed by atoms with Crippen molar-refractivity contribution in [3.05, 3.63) is 47.6 Å². The summed E-state index contributed by atoms with van der Waals surface area (Å²) >= 11 is 1.54. The third kappa shape index (κ3) is 2.82. The minimum Gasteiger partial charge on any atom is -0.459 e. The Balaban J connectivity index is 1.44. The number of thiazole rings is 1. The lowest BCUT2D eigenvalue weighted by atomic mass is 9.94. The first kappa shape index (κ1) is 16.0. The van der Waals surface area contributed by atoms with E-state index < -0.39 is 0 Å². The van der Waals surface area contributed by atoms with Crippen LogP contribution >= 0.6 is 11.3 Å². The standard InChI is InChI=1S/C19H19N3O3S/c23-18(25-14-7-12-10-24-11-13(8-14)21-12)16-9-22(19-20-5-6-26-19)17-4-2-1-3-15(16)17/h1-6,9,12-14,21H,7-8,10-11H2/t12-,13+,14-. The number of rotatable bonds is 3. The number of benzene rings is 1. The Labute approximate surface area is 154 Å². The second-order valence-corrected chi connectivity index (χ2v) is 7.71. The van der Waals surface area contributed by atoms with Crippen molar-refractivity contribution >= 4 is 28.2 Å². The predicted octanol–water partition coefficient (Wildman–Crippen LogP) is 2.76. The van der Waals surface area contributed by atoms with Gasteiger partial charge in [-0.05, 0) is 6.07 Å². The molecular weight excluding hydrogens is 350 g/mol. The molecule has 7 heteroatoms. The normalized spacial score (nSPS) is 25.3. The first-order valence-corrected chi connectivity index (χ1v) is 9.70. The number of para-hydroxylation sites is 1. The van der Waals surface area contributed by atoms with Gasteiger partial charge >= 0.3 is 5.97 Å². The molecule has 0 unspecified atom stereocenters. The van der Waals surface area contributed by atoms with Crippen LogP contribution in [0.5, 0.6) is 0 Å². The summed E-state index contributed by atoms with van der Waals surface area (Å²) in [7, 11) is 0. The molecule has 3 aromatic rings. The number of fused-ring (bicyclic) bond motifs is 3. The van der Waals surface area contributed by atoms with E-state index in [4.69, 9.17) is 9.47 Å². The maximum atomic E-state index is 12.9. The predicted molar refractivity (Wildman–Crippen MR) is 98.9 cm³/mol. The molecule has 26 heavy (non-hydrogen) atoms. The minimum atomic E-state index is -0.262. The van der Waals surface area contributed by atoms with Gasteiger partial charge in [0.1, 0.15) is 6.10 Å². The van der Waals surface area contributed by atoms with Gasteiger partial charge in [-0.1, -0.05) is 18.2 Å². The Morgan fingerprint density at radius 2 is 2.08 bits per heavy atom. The van der Waals surface area contributed by atoms with Crippen LogP contribution in [0, 0.1) is 0 Å². The molecule has 134 valence electrons. The van der Waals surface area contributed by atoms with Gasteiger partial charge in [-0.25, -0.2) is 9.78 Å². The summed E-state index contributed by atoms with van der Waals surface area (Å²) in [5.41, 5.74) is 1.56. The highest BCUT2D eigenvalue weighted by atomic mass is 32.1. The molecule has 2 aromatic heterocycles. The lowest BCUT2D eigenvalue weighted by Gasteiger charge is -2.39. The molecule has 0 radical (unpaired) electrons. The Kier molecular flexibility index (Phi) is 4.00. The number of ether oxygens (including phenoxy) is 2. The van der Waals surface area contributed by atoms with E-state index >= 15 is 0 Å². The highest BCUT2D eigenvalue weighted by Gasteiger charge is 2.34. The van der Waals surface area contributed by atoms with Gasteiger partial charge in [-0.15, -0.1) is 11.3 Å². The van der Waals surface area contributed by atoms with Crippen LogP contribution in [-0.2, 0) is 9.47 Å². The van der Waals surface area contributed by atoms with Crippen molar-refractivity contribution < 1.29 is 14.3 Å². The maximum absolute atomic E-state index is 12.9. The van der Waals surface area contributed by atoms with E-state index in [0.29, 0.717) is 18.8 Å². The number of nitrogens with one attached hydrogen (secondary N) is 1. The molecule has 2 fully saturated rings. The van der Waals surface area contributed by atoms with E-state index in [2.05, 4.69) is 10.3 Å². The zero-order valence-corrected chi connectivity index (χ0v) is 14.9. The molecule has 6 nitrogen and oxygen atoms in total. The van der Waals surface area contributed by atoms with E-state index in [1.54, 1.807) is 17.5 Å². The third-order valence-electron chi connectivity index (χ3n) is 5.04. The lowest BCUT2D eigenvalue weighted by Crippen LogP contribution is -2.56. The van der Waals surface area contributed by atoms with Crippen molar-refractivity contribution in [3.63, 3.8) is 0 Å². The second kappa shape index (κ2) is 6.50. The molecular formula is C19H19N3O3S. The van der Waals surface area contributed by atoms with Gasteiger partial charge < -0.3 is 14.8 Å². The van der Waals surface area contributed by atoms with E-state index in [-0.39, 0.29) is 24.2 Å². The fourth-order valence-corrected chi connectivity index (χ4v) is 4.56. The SMILES string of the molecule is O=C(O[C@H]1C[C@H]2COC[C@@H](C1)N2)c1cn(-c2nccs2)c2ccccc12. The summed E-state index contributed by atoms with van der Waals surface area (Å²) < 4.78 is 13.4. The van der Waals surface area contributed by atoms with Crippen LogP contribution < -0.4 is 5.32 Å². The molecule has 2 aliphatic rings. The van der Waals surface area contributed by atoms with Gasteiger partial charge in [-0.2, -0.15) is 0 Å². The summed E-state index contributed by atoms with van der Waals surface area (Å²) in [6.45, 7) is 1.38. The van der Waals surface area contributed by atoms with Crippen molar-refractivity contribution in [2.24, 2.45) is 0 Å². The number of nitrogens with zero attached hydrogens (tertiary/aromatic N) is 2. The van der Waals surface area contributed by atoms with Gasteiger partial charge in [0.15, 0.2) is 5.13 Å². The van der Waals surface area contributed by atoms with Gasteiger partial charge in [0.05, 0.1) is 24.3 Å². The van der Waals surface area contributed by atoms with Crippen LogP contribution in [0.2, 0.25) is 0 Å². The lowest BCUT2D eigenvalue weighted by molar-refractivity contribution is -0.0339. The number of piperidine rings is 1. The number of esters is 1. The summed E-state index contributed by atoms with van der Waals surface area (Å²) in [4.78, 5) is 17.3. The van der Waals surface area contributed by atoms with Crippen molar-refractivity contribution in [2.75, 3.05) is 13.2 Å². The first-order chi connectivity index (χ1) is 12.8. The van der Waals surface area contributed by atoms with Crippen LogP contribution in [0.3, 0.4) is 0 Å². The first-order valence-electron chi connectivity index (χ1n) is 8.82. The summed E-state index contributed by atoms with van der Waals surface area (Å²) in [5.74, 6) is -0.262. The second-order valence-electron chi connectivity index (χ2n) is 6.84. The molecule has 2 bridgehead atoms. The number of aromatic nitrogens is 2. The highest BCUT2D eigenvalue weighted by molar-refractivity contribution is 7.12. The van der Waals surface area contributed by atoms with Gasteiger partial charge in [-0.3, -0.25) is 4.57 Å². The van der Waals surface area contributed by atoms with E-state index in [9.17, 15) is 4.79 Å². The average Bonchev–Trinajstić information content (AvgIpc) is 3.29. The molecule has 0 saturated carbocycles. The maximum Gasteiger partial charge on any atom is 0.340 e. The van der Waals surface area contributed by atoms with Crippen LogP contribution in [0.15, 0.2) is 42.0 Å². The van der Waals surface area contributed by atoms with Gasteiger partial charge in [0, 0.05) is 48.1 Å². The fourth-order valence-electron chi connectivity index (χ4n) is 3.93. The topological polar surface area (TPSA) is 65.4 Å². The molecule has 2 aliphatic heterocycles. The smallest absolute Gasteiger partial charge is 0.340 e. The fraction of sp³-hybridized carbons (Fsp3) is 0.368. The Morgan fingerprint density at radius 1 is 1.27 bits per heavy atom. The molecule has 1 N–H and O–H groups in total. The Bertz CT molecular complexity index is 925. The summed E-state index contributed by atoms with van der Waals surface area (Å²) in [6, 6.07) is 8.42. The number of carbonyl (C=O) groups excluding carboxylic acids is 1. The molecule has 4 heterocycles. The Hall–Kier alpha value is -2.22. The van der Waals surface area contributed by atoms with E-state index in [1.165, 1.54) is 0 Å². The monoisotopic (exact) mass is 369 g/mol. The summed E-state index contributed by atoms with van der Waals surface area (Å²) in [6.07, 6.45) is 5.14. The average molecular weight is 369 g/mol. The minimum absolute atomic E-state index is 0.0652. The number of morpholine rings is 1. The number of hydrogen-bond donors (Lipinski definition) is 1. The van der Waals surface area contributed by atoms with Crippen LogP contribution in [0.25, 0.3) is 16.0 Å². The van der Waals surface area contributed by atoms with Crippen molar-refractivity contribution in [1.82, 2.24) is 14.9 Å². The van der Waals surface area contributed by atoms with Crippen LogP contribution in [0.4, 0.5) is 0 Å². The zero-order valence-electron chi connectivity index (χ0n) is 14.1.